The molecule has 1 nitrogen and oxygen atoms in total. The highest BCUT2D eigenvalue weighted by molar-refractivity contribution is 7.99. The van der Waals surface area contributed by atoms with E-state index in [1.165, 1.54) is 36.3 Å². The van der Waals surface area contributed by atoms with Crippen LogP contribution in [0.2, 0.25) is 0 Å². The fourth-order valence-corrected chi connectivity index (χ4v) is 3.96. The van der Waals surface area contributed by atoms with E-state index in [0.717, 1.165) is 11.7 Å². The van der Waals surface area contributed by atoms with E-state index in [-0.39, 0.29) is 0 Å². The molecule has 1 N–H and O–H groups in total. The maximum Gasteiger partial charge on any atom is 0.0480 e. The summed E-state index contributed by atoms with van der Waals surface area (Å²) in [6.07, 6.45) is 5.36. The molecule has 1 aliphatic rings. The van der Waals surface area contributed by atoms with Gasteiger partial charge in [-0.15, -0.1) is 11.8 Å². The highest BCUT2D eigenvalue weighted by Gasteiger charge is 2.29. The van der Waals surface area contributed by atoms with E-state index in [4.69, 9.17) is 0 Å². The molecular weight excluding hydrogens is 262 g/mol. The molecule has 0 aromatic heterocycles. The molecule has 0 heterocycles. The molecule has 0 unspecified atom stereocenters. The molecule has 0 atom stereocenters. The summed E-state index contributed by atoms with van der Waals surface area (Å²) in [4.78, 5) is 1.40. The largest absolute Gasteiger partial charge is 0.381 e. The summed E-state index contributed by atoms with van der Waals surface area (Å²) >= 11 is 1.93. The Morgan fingerprint density at radius 1 is 1.10 bits per heavy atom. The van der Waals surface area contributed by atoms with Gasteiger partial charge in [0.15, 0.2) is 0 Å². The highest BCUT2D eigenvalue weighted by atomic mass is 32.2. The summed E-state index contributed by atoms with van der Waals surface area (Å²) in [7, 11) is 0. The lowest BCUT2D eigenvalue weighted by atomic mass is 9.71. The number of hydrogen-bond acceptors (Lipinski definition) is 2. The summed E-state index contributed by atoms with van der Waals surface area (Å²) < 4.78 is 0. The number of rotatable bonds is 4. The van der Waals surface area contributed by atoms with Crippen LogP contribution in [0.5, 0.6) is 0 Å². The second kappa shape index (κ2) is 6.89. The Balaban J connectivity index is 1.93. The van der Waals surface area contributed by atoms with Crippen LogP contribution in [0.1, 0.15) is 53.4 Å². The van der Waals surface area contributed by atoms with Crippen molar-refractivity contribution in [2.24, 2.45) is 11.3 Å². The van der Waals surface area contributed by atoms with Crippen molar-refractivity contribution in [2.75, 3.05) is 11.1 Å². The van der Waals surface area contributed by atoms with E-state index in [1.807, 2.05) is 11.8 Å². The van der Waals surface area contributed by atoms with E-state index >= 15 is 0 Å². The van der Waals surface area contributed by atoms with Crippen molar-refractivity contribution in [1.82, 2.24) is 0 Å². The predicted octanol–water partition coefficient (Wildman–Crippen LogP) is 5.82. The van der Waals surface area contributed by atoms with Crippen molar-refractivity contribution in [2.45, 2.75) is 64.3 Å². The molecule has 2 heteroatoms. The molecule has 2 rings (SSSR count). The van der Waals surface area contributed by atoms with Gasteiger partial charge in [0.1, 0.15) is 0 Å². The Kier molecular flexibility index (Phi) is 5.42. The fourth-order valence-electron chi connectivity index (χ4n) is 3.19. The van der Waals surface area contributed by atoms with E-state index in [0.29, 0.717) is 11.5 Å². The highest BCUT2D eigenvalue weighted by Crippen LogP contribution is 2.39. The van der Waals surface area contributed by atoms with Crippen LogP contribution in [0.3, 0.4) is 0 Å². The first-order valence-corrected chi connectivity index (χ1v) is 8.97. The quantitative estimate of drug-likeness (QED) is 0.702. The summed E-state index contributed by atoms with van der Waals surface area (Å²) in [6.45, 7) is 9.38. The predicted molar refractivity (Wildman–Crippen MR) is 91.7 cm³/mol. The first kappa shape index (κ1) is 15.8. The van der Waals surface area contributed by atoms with Crippen molar-refractivity contribution < 1.29 is 0 Å². The van der Waals surface area contributed by atoms with Crippen LogP contribution in [-0.4, -0.2) is 11.8 Å². The molecule has 0 radical (unpaired) electrons. The first-order chi connectivity index (χ1) is 9.50. The Bertz CT molecular complexity index is 414. The maximum absolute atomic E-state index is 3.79. The summed E-state index contributed by atoms with van der Waals surface area (Å²) in [5.41, 5.74) is 1.81. The average molecular weight is 292 g/mol. The topological polar surface area (TPSA) is 12.0 Å². The summed E-state index contributed by atoms with van der Waals surface area (Å²) in [5.74, 6) is 2.02. The monoisotopic (exact) mass is 291 g/mol. The van der Waals surface area contributed by atoms with Gasteiger partial charge in [-0.25, -0.2) is 0 Å². The van der Waals surface area contributed by atoms with Gasteiger partial charge in [-0.05, 0) is 54.9 Å². The number of para-hydroxylation sites is 1. The van der Waals surface area contributed by atoms with Gasteiger partial charge >= 0.3 is 0 Å². The van der Waals surface area contributed by atoms with Gasteiger partial charge in [0.2, 0.25) is 0 Å². The zero-order valence-corrected chi connectivity index (χ0v) is 14.2. The molecule has 0 bridgehead atoms. The Morgan fingerprint density at radius 2 is 1.75 bits per heavy atom. The van der Waals surface area contributed by atoms with Gasteiger partial charge in [0.05, 0.1) is 0 Å². The van der Waals surface area contributed by atoms with Crippen LogP contribution in [0.25, 0.3) is 0 Å². The van der Waals surface area contributed by atoms with Crippen LogP contribution in [0, 0.1) is 11.3 Å². The van der Waals surface area contributed by atoms with Gasteiger partial charge < -0.3 is 5.32 Å². The molecule has 1 aliphatic carbocycles. The van der Waals surface area contributed by atoms with Crippen LogP contribution in [0.15, 0.2) is 29.2 Å². The van der Waals surface area contributed by atoms with Crippen molar-refractivity contribution in [1.29, 1.82) is 0 Å². The maximum atomic E-state index is 3.79. The van der Waals surface area contributed by atoms with Crippen molar-refractivity contribution in [3.8, 4) is 0 Å². The van der Waals surface area contributed by atoms with E-state index < -0.39 is 0 Å². The van der Waals surface area contributed by atoms with Gasteiger partial charge in [0.25, 0.3) is 0 Å². The molecule has 20 heavy (non-hydrogen) atoms. The fraction of sp³-hybridized carbons (Fsp3) is 0.667. The molecule has 1 aromatic carbocycles. The molecule has 0 amide bonds. The zero-order valence-electron chi connectivity index (χ0n) is 13.4. The molecule has 1 aromatic rings. The molecule has 0 spiro atoms. The molecule has 0 aliphatic heterocycles. The van der Waals surface area contributed by atoms with Crippen LogP contribution in [-0.2, 0) is 0 Å². The number of anilines is 1. The van der Waals surface area contributed by atoms with Gasteiger partial charge in [-0.2, -0.15) is 0 Å². The Morgan fingerprint density at radius 3 is 2.35 bits per heavy atom. The lowest BCUT2D eigenvalue weighted by molar-refractivity contribution is 0.173. The number of thioether (sulfide) groups is 1. The van der Waals surface area contributed by atoms with Crippen molar-refractivity contribution >= 4 is 17.4 Å². The first-order valence-electron chi connectivity index (χ1n) is 7.99. The normalized spacial score (nSPS) is 23.6. The van der Waals surface area contributed by atoms with Crippen LogP contribution in [0.4, 0.5) is 5.69 Å². The van der Waals surface area contributed by atoms with Gasteiger partial charge in [0, 0.05) is 16.6 Å². The number of hydrogen-bond donors (Lipinski definition) is 1. The zero-order chi connectivity index (χ0) is 14.6. The summed E-state index contributed by atoms with van der Waals surface area (Å²) in [6, 6.07) is 9.40. The van der Waals surface area contributed by atoms with E-state index in [9.17, 15) is 0 Å². The lowest BCUT2D eigenvalue weighted by Crippen LogP contribution is -2.31. The van der Waals surface area contributed by atoms with E-state index in [1.54, 1.807) is 0 Å². The second-order valence-electron chi connectivity index (χ2n) is 6.99. The third kappa shape index (κ3) is 4.18. The molecular formula is C18H29NS. The molecule has 0 saturated heterocycles. The van der Waals surface area contributed by atoms with Gasteiger partial charge in [-0.1, -0.05) is 39.8 Å². The SMILES string of the molecule is CCSc1ccccc1NC1CCC(C(C)(C)C)CC1. The third-order valence-corrected chi connectivity index (χ3v) is 5.45. The lowest BCUT2D eigenvalue weighted by Gasteiger charge is -2.37. The molecule has 112 valence electrons. The van der Waals surface area contributed by atoms with Crippen molar-refractivity contribution in [3.05, 3.63) is 24.3 Å². The minimum Gasteiger partial charge on any atom is -0.381 e. The van der Waals surface area contributed by atoms with Gasteiger partial charge in [-0.3, -0.25) is 0 Å². The summed E-state index contributed by atoms with van der Waals surface area (Å²) in [5, 5.41) is 3.79. The second-order valence-corrected chi connectivity index (χ2v) is 8.29. The third-order valence-electron chi connectivity index (χ3n) is 4.50. The Hall–Kier alpha value is -0.630. The van der Waals surface area contributed by atoms with Crippen molar-refractivity contribution in [3.63, 3.8) is 0 Å². The average Bonchev–Trinajstić information content (AvgIpc) is 2.41. The van der Waals surface area contributed by atoms with Crippen LogP contribution < -0.4 is 5.32 Å². The minimum absolute atomic E-state index is 0.473. The number of benzene rings is 1. The minimum atomic E-state index is 0.473. The standard InChI is InChI=1S/C18H29NS/c1-5-20-17-9-7-6-8-16(17)19-15-12-10-14(11-13-15)18(2,3)4/h6-9,14-15,19H,5,10-13H2,1-4H3. The number of nitrogens with one attached hydrogen (secondary N) is 1. The molecule has 1 fully saturated rings. The van der Waals surface area contributed by atoms with Crippen LogP contribution >= 0.6 is 11.8 Å². The molecule has 1 saturated carbocycles. The smallest absolute Gasteiger partial charge is 0.0480 e. The van der Waals surface area contributed by atoms with E-state index in [2.05, 4.69) is 57.3 Å². The Labute approximate surface area is 128 Å².